The number of carbonyl (C=O) groups excluding carboxylic acids is 1. The molecule has 1 N–H and O–H groups in total. The lowest BCUT2D eigenvalue weighted by Crippen LogP contribution is -2.19. The molecule has 0 aliphatic carbocycles. The monoisotopic (exact) mass is 166 g/mol. The second-order valence-electron chi connectivity index (χ2n) is 2.38. The van der Waals surface area contributed by atoms with Crippen LogP contribution in [0.2, 0.25) is 0 Å². The summed E-state index contributed by atoms with van der Waals surface area (Å²) in [6.07, 6.45) is 0. The van der Waals surface area contributed by atoms with Gasteiger partial charge in [0.1, 0.15) is 5.82 Å². The molecular weight excluding hydrogens is 157 g/mol. The maximum Gasteiger partial charge on any atom is 0.251 e. The van der Waals surface area contributed by atoms with Gasteiger partial charge >= 0.3 is 0 Å². The molecule has 3 heteroatoms. The summed E-state index contributed by atoms with van der Waals surface area (Å²) >= 11 is 0. The van der Waals surface area contributed by atoms with Gasteiger partial charge in [0.15, 0.2) is 0 Å². The molecule has 1 radical (unpaired) electrons. The topological polar surface area (TPSA) is 29.1 Å². The van der Waals surface area contributed by atoms with E-state index in [2.05, 4.69) is 12.2 Å². The van der Waals surface area contributed by atoms with Crippen molar-refractivity contribution >= 4 is 5.91 Å². The Morgan fingerprint density at radius 1 is 1.58 bits per heavy atom. The lowest BCUT2D eigenvalue weighted by Gasteiger charge is -2.02. The highest BCUT2D eigenvalue weighted by molar-refractivity contribution is 5.95. The minimum absolute atomic E-state index is 0.275. The molecule has 0 fully saturated rings. The largest absolute Gasteiger partial charge is 0.355 e. The molecule has 0 aliphatic heterocycles. The second-order valence-corrected chi connectivity index (χ2v) is 2.38. The quantitative estimate of drug-likeness (QED) is 0.670. The Bertz CT molecular complexity index is 309. The fraction of sp³-hybridized carbons (Fsp3) is 0.111. The molecule has 1 aromatic carbocycles. The summed E-state index contributed by atoms with van der Waals surface area (Å²) < 4.78 is 12.6. The maximum absolute atomic E-state index is 12.6. The van der Waals surface area contributed by atoms with Crippen LogP contribution in [0.3, 0.4) is 0 Å². The summed E-state index contributed by atoms with van der Waals surface area (Å²) in [5, 5.41) is 2.40. The number of benzene rings is 1. The van der Waals surface area contributed by atoms with E-state index in [1.165, 1.54) is 25.2 Å². The minimum Gasteiger partial charge on any atom is -0.355 e. The Hall–Kier alpha value is -1.38. The van der Waals surface area contributed by atoms with Crippen LogP contribution in [0.4, 0.5) is 4.39 Å². The number of hydrogen-bond acceptors (Lipinski definition) is 1. The molecule has 63 valence electrons. The number of carbonyl (C=O) groups is 1. The molecule has 0 aliphatic rings. The Morgan fingerprint density at radius 3 is 2.83 bits per heavy atom. The van der Waals surface area contributed by atoms with Crippen molar-refractivity contribution in [2.24, 2.45) is 0 Å². The molecule has 0 aromatic heterocycles. The average Bonchev–Trinajstić information content (AvgIpc) is 2.08. The first kappa shape index (κ1) is 8.71. The zero-order valence-electron chi connectivity index (χ0n) is 6.73. The molecule has 2 nitrogen and oxygen atoms in total. The third-order valence-corrected chi connectivity index (χ3v) is 1.54. The number of rotatable bonds is 1. The van der Waals surface area contributed by atoms with Crippen LogP contribution in [-0.2, 0) is 0 Å². The van der Waals surface area contributed by atoms with Gasteiger partial charge in [-0.15, -0.1) is 0 Å². The smallest absolute Gasteiger partial charge is 0.251 e. The van der Waals surface area contributed by atoms with Gasteiger partial charge in [-0.25, -0.2) is 4.39 Å². The molecular formula is C9H9FNO. The standard InChI is InChI=1S/C9H9FNO/c1-6-3-4-7(10)5-8(6)9(12)11-2/h3-5H,1H2,2H3,(H,11,12). The molecule has 1 rings (SSSR count). The molecule has 0 heterocycles. The third kappa shape index (κ3) is 1.61. The summed E-state index contributed by atoms with van der Waals surface area (Å²) in [6, 6.07) is 3.91. The fourth-order valence-corrected chi connectivity index (χ4v) is 0.895. The fourth-order valence-electron chi connectivity index (χ4n) is 0.895. The van der Waals surface area contributed by atoms with E-state index in [9.17, 15) is 9.18 Å². The van der Waals surface area contributed by atoms with E-state index in [-0.39, 0.29) is 11.5 Å². The van der Waals surface area contributed by atoms with E-state index in [0.717, 1.165) is 0 Å². The second kappa shape index (κ2) is 3.34. The summed E-state index contributed by atoms with van der Waals surface area (Å²) in [7, 11) is 1.49. The maximum atomic E-state index is 12.6. The van der Waals surface area contributed by atoms with Gasteiger partial charge in [-0.1, -0.05) is 6.07 Å². The summed E-state index contributed by atoms with van der Waals surface area (Å²) in [6.45, 7) is 3.60. The van der Waals surface area contributed by atoms with Crippen LogP contribution < -0.4 is 5.32 Å². The van der Waals surface area contributed by atoms with Crippen molar-refractivity contribution in [2.75, 3.05) is 7.05 Å². The van der Waals surface area contributed by atoms with E-state index in [4.69, 9.17) is 0 Å². The molecule has 0 saturated carbocycles. The van der Waals surface area contributed by atoms with Gasteiger partial charge in [-0.3, -0.25) is 4.79 Å². The van der Waals surface area contributed by atoms with Gasteiger partial charge in [-0.05, 0) is 24.6 Å². The van der Waals surface area contributed by atoms with Crippen molar-refractivity contribution in [2.45, 2.75) is 0 Å². The third-order valence-electron chi connectivity index (χ3n) is 1.54. The van der Waals surface area contributed by atoms with Crippen LogP contribution in [0.1, 0.15) is 15.9 Å². The molecule has 0 saturated heterocycles. The summed E-state index contributed by atoms with van der Waals surface area (Å²) in [4.78, 5) is 11.1. The molecule has 0 atom stereocenters. The van der Waals surface area contributed by atoms with Crippen molar-refractivity contribution in [3.63, 3.8) is 0 Å². The van der Waals surface area contributed by atoms with Crippen LogP contribution in [0.25, 0.3) is 0 Å². The average molecular weight is 166 g/mol. The SMILES string of the molecule is [CH2]c1ccc(F)cc1C(=O)NC. The van der Waals surface area contributed by atoms with Gasteiger partial charge in [0.2, 0.25) is 0 Å². The minimum atomic E-state index is -0.430. The lowest BCUT2D eigenvalue weighted by molar-refractivity contribution is 0.0962. The Morgan fingerprint density at radius 2 is 2.25 bits per heavy atom. The predicted octanol–water partition coefficient (Wildman–Crippen LogP) is 1.37. The van der Waals surface area contributed by atoms with Crippen LogP contribution in [0.5, 0.6) is 0 Å². The van der Waals surface area contributed by atoms with Crippen molar-refractivity contribution in [1.29, 1.82) is 0 Å². The number of hydrogen-bond donors (Lipinski definition) is 1. The first-order chi connectivity index (χ1) is 5.65. The van der Waals surface area contributed by atoms with E-state index in [0.29, 0.717) is 5.56 Å². The Balaban J connectivity index is 3.13. The van der Waals surface area contributed by atoms with Crippen molar-refractivity contribution < 1.29 is 9.18 Å². The molecule has 1 aromatic rings. The first-order valence-electron chi connectivity index (χ1n) is 3.48. The van der Waals surface area contributed by atoms with Crippen LogP contribution in [0, 0.1) is 12.7 Å². The number of amides is 1. The molecule has 0 bridgehead atoms. The highest BCUT2D eigenvalue weighted by Gasteiger charge is 2.07. The Kier molecular flexibility index (Phi) is 2.43. The lowest BCUT2D eigenvalue weighted by atomic mass is 10.1. The summed E-state index contributed by atoms with van der Waals surface area (Å²) in [5.74, 6) is -0.750. The van der Waals surface area contributed by atoms with Crippen molar-refractivity contribution in [3.05, 3.63) is 42.1 Å². The van der Waals surface area contributed by atoms with Crippen LogP contribution in [0.15, 0.2) is 18.2 Å². The van der Waals surface area contributed by atoms with Gasteiger partial charge in [0.25, 0.3) is 5.91 Å². The first-order valence-corrected chi connectivity index (χ1v) is 3.48. The normalized spacial score (nSPS) is 9.58. The molecule has 12 heavy (non-hydrogen) atoms. The number of halogens is 1. The zero-order chi connectivity index (χ0) is 9.14. The van der Waals surface area contributed by atoms with Gasteiger partial charge in [0, 0.05) is 12.6 Å². The van der Waals surface area contributed by atoms with Gasteiger partial charge in [-0.2, -0.15) is 0 Å². The highest BCUT2D eigenvalue weighted by Crippen LogP contribution is 2.09. The zero-order valence-corrected chi connectivity index (χ0v) is 6.73. The van der Waals surface area contributed by atoms with Crippen molar-refractivity contribution in [3.8, 4) is 0 Å². The van der Waals surface area contributed by atoms with Gasteiger partial charge < -0.3 is 5.32 Å². The summed E-state index contributed by atoms with van der Waals surface area (Å²) in [5.41, 5.74) is 0.799. The van der Waals surface area contributed by atoms with E-state index < -0.39 is 5.82 Å². The van der Waals surface area contributed by atoms with E-state index >= 15 is 0 Å². The van der Waals surface area contributed by atoms with E-state index in [1.807, 2.05) is 0 Å². The van der Waals surface area contributed by atoms with Crippen molar-refractivity contribution in [1.82, 2.24) is 5.32 Å². The Labute approximate surface area is 70.4 Å². The van der Waals surface area contributed by atoms with Crippen LogP contribution in [-0.4, -0.2) is 13.0 Å². The molecule has 1 amide bonds. The van der Waals surface area contributed by atoms with E-state index in [1.54, 1.807) is 0 Å². The molecule has 0 spiro atoms. The predicted molar refractivity (Wildman–Crippen MR) is 44.2 cm³/mol. The van der Waals surface area contributed by atoms with Gasteiger partial charge in [0.05, 0.1) is 0 Å². The highest BCUT2D eigenvalue weighted by atomic mass is 19.1. The number of nitrogens with one attached hydrogen (secondary N) is 1. The van der Waals surface area contributed by atoms with Crippen LogP contribution >= 0.6 is 0 Å². The molecule has 0 unspecified atom stereocenters.